The molecule has 3 aromatic rings. The smallest absolute Gasteiger partial charge is 0.346 e. The van der Waals surface area contributed by atoms with Crippen molar-refractivity contribution in [2.24, 2.45) is 0 Å². The highest BCUT2D eigenvalue weighted by Crippen LogP contribution is 2.17. The molecule has 0 spiro atoms. The summed E-state index contributed by atoms with van der Waals surface area (Å²) in [6, 6.07) is 17.7. The van der Waals surface area contributed by atoms with Crippen LogP contribution in [0, 0.1) is 0 Å². The number of nitrogens with zero attached hydrogens (tertiary/aromatic N) is 1. The fourth-order valence-electron chi connectivity index (χ4n) is 2.21. The second kappa shape index (κ2) is 6.78. The Morgan fingerprint density at radius 1 is 1.08 bits per heavy atom. The summed E-state index contributed by atoms with van der Waals surface area (Å²) in [7, 11) is 1.57. The zero-order valence-electron chi connectivity index (χ0n) is 12.9. The minimum atomic E-state index is -0.573. The van der Waals surface area contributed by atoms with Gasteiger partial charge >= 0.3 is 5.69 Å². The molecular weight excluding hydrogens is 306 g/mol. The summed E-state index contributed by atoms with van der Waals surface area (Å²) in [5, 5.41) is 2.72. The molecule has 0 unspecified atom stereocenters. The van der Waals surface area contributed by atoms with Crippen LogP contribution < -0.4 is 15.7 Å². The van der Waals surface area contributed by atoms with Gasteiger partial charge in [-0.1, -0.05) is 30.3 Å². The summed E-state index contributed by atoms with van der Waals surface area (Å²) in [6.45, 7) is 0. The van der Waals surface area contributed by atoms with E-state index in [2.05, 4.69) is 15.3 Å². The molecule has 0 aliphatic rings. The number of aromatic amines is 1. The van der Waals surface area contributed by atoms with Crippen molar-refractivity contribution in [3.8, 4) is 17.0 Å². The SMILES string of the molecule is COc1ccc(NC(=O)c2cc(-c3ccccc3)nc(=O)[nH]2)cc1. The minimum Gasteiger partial charge on any atom is -0.497 e. The number of carbonyl (C=O) groups is 1. The molecule has 2 N–H and O–H groups in total. The van der Waals surface area contributed by atoms with Crippen molar-refractivity contribution < 1.29 is 9.53 Å². The van der Waals surface area contributed by atoms with Crippen molar-refractivity contribution in [1.29, 1.82) is 0 Å². The molecule has 1 heterocycles. The second-order valence-electron chi connectivity index (χ2n) is 5.03. The number of benzene rings is 2. The highest BCUT2D eigenvalue weighted by atomic mass is 16.5. The first-order valence-electron chi connectivity index (χ1n) is 7.28. The van der Waals surface area contributed by atoms with Crippen LogP contribution in [0.4, 0.5) is 5.69 Å². The van der Waals surface area contributed by atoms with Gasteiger partial charge in [0.15, 0.2) is 0 Å². The standard InChI is InChI=1S/C18H15N3O3/c1-24-14-9-7-13(8-10-14)19-17(22)16-11-15(20-18(23)21-16)12-5-3-2-4-6-12/h2-11H,1H3,(H,19,22)(H,20,21,23). The fourth-order valence-corrected chi connectivity index (χ4v) is 2.21. The molecule has 0 fully saturated rings. The van der Waals surface area contributed by atoms with Gasteiger partial charge in [0.25, 0.3) is 5.91 Å². The number of carbonyl (C=O) groups excluding carboxylic acids is 1. The van der Waals surface area contributed by atoms with Gasteiger partial charge in [-0.2, -0.15) is 4.98 Å². The molecular formula is C18H15N3O3. The topological polar surface area (TPSA) is 84.1 Å². The van der Waals surface area contributed by atoms with Gasteiger partial charge in [0.2, 0.25) is 0 Å². The van der Waals surface area contributed by atoms with Crippen LogP contribution in [-0.4, -0.2) is 23.0 Å². The van der Waals surface area contributed by atoms with Crippen LogP contribution in [0.3, 0.4) is 0 Å². The normalized spacial score (nSPS) is 10.2. The Hall–Kier alpha value is -3.41. The maximum atomic E-state index is 12.4. The quantitative estimate of drug-likeness (QED) is 0.774. The number of methoxy groups -OCH3 is 1. The van der Waals surface area contributed by atoms with Crippen LogP contribution in [0.25, 0.3) is 11.3 Å². The van der Waals surface area contributed by atoms with E-state index in [9.17, 15) is 9.59 Å². The van der Waals surface area contributed by atoms with E-state index in [1.165, 1.54) is 0 Å². The van der Waals surface area contributed by atoms with Crippen LogP contribution in [0.5, 0.6) is 5.75 Å². The van der Waals surface area contributed by atoms with Crippen molar-refractivity contribution in [1.82, 2.24) is 9.97 Å². The third-order valence-corrected chi connectivity index (χ3v) is 3.41. The lowest BCUT2D eigenvalue weighted by molar-refractivity contribution is 0.102. The summed E-state index contributed by atoms with van der Waals surface area (Å²) < 4.78 is 5.07. The first-order chi connectivity index (χ1) is 11.7. The lowest BCUT2D eigenvalue weighted by atomic mass is 10.1. The Balaban J connectivity index is 1.87. The van der Waals surface area contributed by atoms with E-state index in [4.69, 9.17) is 4.74 Å². The molecule has 3 rings (SSSR count). The van der Waals surface area contributed by atoms with Gasteiger partial charge in [-0.05, 0) is 30.3 Å². The van der Waals surface area contributed by atoms with E-state index in [1.54, 1.807) is 37.4 Å². The number of aromatic nitrogens is 2. The van der Waals surface area contributed by atoms with E-state index in [0.717, 1.165) is 5.56 Å². The van der Waals surface area contributed by atoms with E-state index in [-0.39, 0.29) is 5.69 Å². The van der Waals surface area contributed by atoms with Gasteiger partial charge in [-0.3, -0.25) is 4.79 Å². The first kappa shape index (κ1) is 15.5. The molecule has 2 aromatic carbocycles. The molecule has 1 aromatic heterocycles. The highest BCUT2D eigenvalue weighted by Gasteiger charge is 2.11. The van der Waals surface area contributed by atoms with Crippen molar-refractivity contribution >= 4 is 11.6 Å². The van der Waals surface area contributed by atoms with E-state index in [0.29, 0.717) is 17.1 Å². The molecule has 0 bridgehead atoms. The first-order valence-corrected chi connectivity index (χ1v) is 7.28. The maximum absolute atomic E-state index is 12.4. The Bertz CT molecular complexity index is 903. The zero-order chi connectivity index (χ0) is 16.9. The van der Waals surface area contributed by atoms with Crippen molar-refractivity contribution in [3.63, 3.8) is 0 Å². The van der Waals surface area contributed by atoms with Gasteiger partial charge in [-0.15, -0.1) is 0 Å². The number of ether oxygens (including phenoxy) is 1. The summed E-state index contributed by atoms with van der Waals surface area (Å²) in [4.78, 5) is 30.5. The molecule has 0 aliphatic heterocycles. The number of anilines is 1. The van der Waals surface area contributed by atoms with Crippen molar-refractivity contribution in [2.45, 2.75) is 0 Å². The lowest BCUT2D eigenvalue weighted by Gasteiger charge is -2.07. The van der Waals surface area contributed by atoms with Crippen LogP contribution in [-0.2, 0) is 0 Å². The number of amides is 1. The van der Waals surface area contributed by atoms with Crippen molar-refractivity contribution in [3.05, 3.63) is 76.8 Å². The third kappa shape index (κ3) is 3.49. The van der Waals surface area contributed by atoms with Crippen LogP contribution in [0.15, 0.2) is 65.5 Å². The summed E-state index contributed by atoms with van der Waals surface area (Å²) in [6.07, 6.45) is 0. The Morgan fingerprint density at radius 2 is 1.79 bits per heavy atom. The molecule has 0 saturated carbocycles. The molecule has 0 radical (unpaired) electrons. The Kier molecular flexibility index (Phi) is 4.38. The second-order valence-corrected chi connectivity index (χ2v) is 5.03. The number of hydrogen-bond acceptors (Lipinski definition) is 4. The van der Waals surface area contributed by atoms with Crippen molar-refractivity contribution in [2.75, 3.05) is 12.4 Å². The van der Waals surface area contributed by atoms with Crippen LogP contribution >= 0.6 is 0 Å². The third-order valence-electron chi connectivity index (χ3n) is 3.41. The van der Waals surface area contributed by atoms with Gasteiger partial charge in [0, 0.05) is 11.3 Å². The Labute approximate surface area is 138 Å². The number of rotatable bonds is 4. The van der Waals surface area contributed by atoms with Crippen LogP contribution in [0.2, 0.25) is 0 Å². The molecule has 24 heavy (non-hydrogen) atoms. The summed E-state index contributed by atoms with van der Waals surface area (Å²) >= 11 is 0. The predicted molar refractivity (Wildman–Crippen MR) is 91.2 cm³/mol. The monoisotopic (exact) mass is 321 g/mol. The van der Waals surface area contributed by atoms with E-state index >= 15 is 0 Å². The van der Waals surface area contributed by atoms with Gasteiger partial charge in [0.05, 0.1) is 12.8 Å². The molecule has 0 saturated heterocycles. The molecule has 0 atom stereocenters. The number of H-pyrrole nitrogens is 1. The van der Waals surface area contributed by atoms with Crippen LogP contribution in [0.1, 0.15) is 10.5 Å². The predicted octanol–water partition coefficient (Wildman–Crippen LogP) is 2.70. The average Bonchev–Trinajstić information content (AvgIpc) is 2.62. The summed E-state index contributed by atoms with van der Waals surface area (Å²) in [5.74, 6) is 0.272. The number of nitrogens with one attached hydrogen (secondary N) is 2. The summed E-state index contributed by atoms with van der Waals surface area (Å²) in [5.41, 5.74) is 1.38. The average molecular weight is 321 g/mol. The highest BCUT2D eigenvalue weighted by molar-refractivity contribution is 6.03. The molecule has 120 valence electrons. The van der Waals surface area contributed by atoms with Gasteiger partial charge in [-0.25, -0.2) is 4.79 Å². The van der Waals surface area contributed by atoms with E-state index in [1.807, 2.05) is 30.3 Å². The largest absolute Gasteiger partial charge is 0.497 e. The molecule has 6 nitrogen and oxygen atoms in total. The lowest BCUT2D eigenvalue weighted by Crippen LogP contribution is -2.21. The molecule has 6 heteroatoms. The van der Waals surface area contributed by atoms with E-state index < -0.39 is 11.6 Å². The zero-order valence-corrected chi connectivity index (χ0v) is 12.9. The number of hydrogen-bond donors (Lipinski definition) is 2. The molecule has 0 aliphatic carbocycles. The Morgan fingerprint density at radius 3 is 2.46 bits per heavy atom. The fraction of sp³-hybridized carbons (Fsp3) is 0.0556. The van der Waals surface area contributed by atoms with Gasteiger partial charge < -0.3 is 15.0 Å². The van der Waals surface area contributed by atoms with Gasteiger partial charge in [0.1, 0.15) is 11.4 Å². The minimum absolute atomic E-state index is 0.143. The molecule has 1 amide bonds. The maximum Gasteiger partial charge on any atom is 0.346 e.